The van der Waals surface area contributed by atoms with Crippen molar-refractivity contribution in [2.24, 2.45) is 5.73 Å². The molecule has 0 unspecified atom stereocenters. The van der Waals surface area contributed by atoms with Crippen LogP contribution in [0.2, 0.25) is 0 Å². The molecule has 1 aromatic rings. The molecule has 0 bridgehead atoms. The summed E-state index contributed by atoms with van der Waals surface area (Å²) in [4.78, 5) is 26.0. The zero-order valence-corrected chi connectivity index (χ0v) is 17.2. The van der Waals surface area contributed by atoms with Gasteiger partial charge in [-0.3, -0.25) is 9.59 Å². The lowest BCUT2D eigenvalue weighted by Crippen LogP contribution is -2.40. The smallest absolute Gasteiger partial charge is 0.255 e. The first kappa shape index (κ1) is 22.1. The van der Waals surface area contributed by atoms with Gasteiger partial charge in [0.15, 0.2) is 18.1 Å². The molecule has 6 heteroatoms. The summed E-state index contributed by atoms with van der Waals surface area (Å²) in [5.41, 5.74) is 6.14. The highest BCUT2D eigenvalue weighted by atomic mass is 16.5. The molecule has 1 aliphatic carbocycles. The van der Waals surface area contributed by atoms with E-state index in [2.05, 4.69) is 11.8 Å². The first-order chi connectivity index (χ1) is 13.5. The number of nitrogens with zero attached hydrogens (tertiary/aromatic N) is 1. The van der Waals surface area contributed by atoms with E-state index in [-0.39, 0.29) is 12.5 Å². The standard InChI is InChI=1S/C22H34N2O4/c1-3-4-6-11-22(26)24(18-9-7-5-8-10-18)15-17-12-13-19(20(14-17)27-2)28-16-21(23)25/h12-14,18H,3-11,15-16H2,1-2H3,(H2,23,25). The summed E-state index contributed by atoms with van der Waals surface area (Å²) in [6.45, 7) is 2.53. The van der Waals surface area contributed by atoms with Gasteiger partial charge in [-0.15, -0.1) is 0 Å². The Kier molecular flexibility index (Phi) is 9.11. The van der Waals surface area contributed by atoms with Crippen LogP contribution in [0.3, 0.4) is 0 Å². The number of unbranched alkanes of at least 4 members (excludes halogenated alkanes) is 2. The fourth-order valence-electron chi connectivity index (χ4n) is 3.76. The lowest BCUT2D eigenvalue weighted by molar-refractivity contribution is -0.135. The maximum absolute atomic E-state index is 12.9. The molecule has 0 spiro atoms. The SMILES string of the molecule is CCCCCC(=O)N(Cc1ccc(OCC(N)=O)c(OC)c1)C1CCCCC1. The molecule has 1 aliphatic rings. The van der Waals surface area contributed by atoms with Crippen molar-refractivity contribution in [3.05, 3.63) is 23.8 Å². The van der Waals surface area contributed by atoms with Gasteiger partial charge in [-0.05, 0) is 37.0 Å². The summed E-state index contributed by atoms with van der Waals surface area (Å²) in [6.07, 6.45) is 9.55. The summed E-state index contributed by atoms with van der Waals surface area (Å²) in [5.74, 6) is 0.727. The molecule has 0 radical (unpaired) electrons. The molecule has 0 heterocycles. The zero-order valence-electron chi connectivity index (χ0n) is 17.2. The quantitative estimate of drug-likeness (QED) is 0.583. The average Bonchev–Trinajstić information content (AvgIpc) is 2.71. The second-order valence-electron chi connectivity index (χ2n) is 7.51. The van der Waals surface area contributed by atoms with E-state index < -0.39 is 5.91 Å². The van der Waals surface area contributed by atoms with Crippen LogP contribution >= 0.6 is 0 Å². The number of rotatable bonds is 11. The zero-order chi connectivity index (χ0) is 20.4. The van der Waals surface area contributed by atoms with E-state index in [1.165, 1.54) is 19.3 Å². The van der Waals surface area contributed by atoms with Crippen molar-refractivity contribution in [1.29, 1.82) is 0 Å². The molecule has 6 nitrogen and oxygen atoms in total. The van der Waals surface area contributed by atoms with Gasteiger partial charge in [0.2, 0.25) is 5.91 Å². The Morgan fingerprint density at radius 2 is 1.89 bits per heavy atom. The van der Waals surface area contributed by atoms with Gasteiger partial charge in [-0.2, -0.15) is 0 Å². The minimum absolute atomic E-state index is 0.195. The molecule has 1 aromatic carbocycles. The predicted octanol–water partition coefficient (Wildman–Crippen LogP) is 3.80. The summed E-state index contributed by atoms with van der Waals surface area (Å²) in [7, 11) is 1.56. The number of amides is 2. The Bertz CT molecular complexity index is 641. The third kappa shape index (κ3) is 6.73. The molecule has 28 heavy (non-hydrogen) atoms. The van der Waals surface area contributed by atoms with Crippen LogP contribution in [0.4, 0.5) is 0 Å². The van der Waals surface area contributed by atoms with Crippen molar-refractivity contribution in [1.82, 2.24) is 4.90 Å². The van der Waals surface area contributed by atoms with Crippen molar-refractivity contribution in [2.45, 2.75) is 77.3 Å². The fraction of sp³-hybridized carbons (Fsp3) is 0.636. The van der Waals surface area contributed by atoms with Crippen LogP contribution < -0.4 is 15.2 Å². The predicted molar refractivity (Wildman–Crippen MR) is 109 cm³/mol. The van der Waals surface area contributed by atoms with Crippen LogP contribution in [0.1, 0.15) is 70.3 Å². The van der Waals surface area contributed by atoms with Crippen molar-refractivity contribution in [3.63, 3.8) is 0 Å². The van der Waals surface area contributed by atoms with Gasteiger partial charge in [0.05, 0.1) is 7.11 Å². The normalized spacial score (nSPS) is 14.5. The Hall–Kier alpha value is -2.24. The van der Waals surface area contributed by atoms with Gasteiger partial charge >= 0.3 is 0 Å². The molecule has 0 saturated heterocycles. The van der Waals surface area contributed by atoms with Gasteiger partial charge in [0.25, 0.3) is 5.91 Å². The number of ether oxygens (including phenoxy) is 2. The van der Waals surface area contributed by atoms with E-state index in [4.69, 9.17) is 15.2 Å². The number of primary amides is 1. The van der Waals surface area contributed by atoms with Crippen molar-refractivity contribution < 1.29 is 19.1 Å². The van der Waals surface area contributed by atoms with Gasteiger partial charge in [-0.1, -0.05) is 45.1 Å². The van der Waals surface area contributed by atoms with E-state index in [0.717, 1.165) is 37.7 Å². The maximum Gasteiger partial charge on any atom is 0.255 e. The van der Waals surface area contributed by atoms with E-state index >= 15 is 0 Å². The van der Waals surface area contributed by atoms with Crippen LogP contribution in [0.15, 0.2) is 18.2 Å². The van der Waals surface area contributed by atoms with E-state index in [9.17, 15) is 9.59 Å². The van der Waals surface area contributed by atoms with Crippen LogP contribution in [0, 0.1) is 0 Å². The number of nitrogens with two attached hydrogens (primary N) is 1. The Balaban J connectivity index is 2.12. The summed E-state index contributed by atoms with van der Waals surface area (Å²) in [5, 5.41) is 0. The van der Waals surface area contributed by atoms with E-state index in [1.54, 1.807) is 13.2 Å². The highest BCUT2D eigenvalue weighted by Crippen LogP contribution is 2.30. The largest absolute Gasteiger partial charge is 0.493 e. The summed E-state index contributed by atoms with van der Waals surface area (Å²) < 4.78 is 10.8. The molecular weight excluding hydrogens is 356 g/mol. The second-order valence-corrected chi connectivity index (χ2v) is 7.51. The molecule has 2 amide bonds. The highest BCUT2D eigenvalue weighted by Gasteiger charge is 2.25. The number of carbonyl (C=O) groups is 2. The van der Waals surface area contributed by atoms with Crippen LogP contribution in [0.25, 0.3) is 0 Å². The van der Waals surface area contributed by atoms with Crippen molar-refractivity contribution >= 4 is 11.8 Å². The number of hydrogen-bond acceptors (Lipinski definition) is 4. The van der Waals surface area contributed by atoms with Crippen molar-refractivity contribution in [3.8, 4) is 11.5 Å². The van der Waals surface area contributed by atoms with Gasteiger partial charge in [0, 0.05) is 19.0 Å². The minimum atomic E-state index is -0.535. The number of methoxy groups -OCH3 is 1. The van der Waals surface area contributed by atoms with E-state index in [0.29, 0.717) is 30.5 Å². The first-order valence-corrected chi connectivity index (χ1v) is 10.4. The number of hydrogen-bond donors (Lipinski definition) is 1. The van der Waals surface area contributed by atoms with Gasteiger partial charge < -0.3 is 20.1 Å². The van der Waals surface area contributed by atoms with Crippen molar-refractivity contribution in [2.75, 3.05) is 13.7 Å². The molecule has 0 aromatic heterocycles. The monoisotopic (exact) mass is 390 g/mol. The number of benzene rings is 1. The molecular formula is C22H34N2O4. The average molecular weight is 391 g/mol. The summed E-state index contributed by atoms with van der Waals surface area (Å²) >= 11 is 0. The summed E-state index contributed by atoms with van der Waals surface area (Å²) in [6, 6.07) is 5.90. The molecule has 156 valence electrons. The third-order valence-corrected chi connectivity index (χ3v) is 5.28. The topological polar surface area (TPSA) is 81.9 Å². The van der Waals surface area contributed by atoms with Gasteiger partial charge in [0.1, 0.15) is 0 Å². The Morgan fingerprint density at radius 1 is 1.14 bits per heavy atom. The number of carbonyl (C=O) groups excluding carboxylic acids is 2. The van der Waals surface area contributed by atoms with Crippen LogP contribution in [0.5, 0.6) is 11.5 Å². The lowest BCUT2D eigenvalue weighted by Gasteiger charge is -2.35. The van der Waals surface area contributed by atoms with Crippen LogP contribution in [-0.4, -0.2) is 36.5 Å². The molecule has 0 aliphatic heterocycles. The molecule has 1 saturated carbocycles. The van der Waals surface area contributed by atoms with Crippen LogP contribution in [-0.2, 0) is 16.1 Å². The third-order valence-electron chi connectivity index (χ3n) is 5.28. The van der Waals surface area contributed by atoms with E-state index in [1.807, 2.05) is 12.1 Å². The highest BCUT2D eigenvalue weighted by molar-refractivity contribution is 5.76. The second kappa shape index (κ2) is 11.6. The first-order valence-electron chi connectivity index (χ1n) is 10.4. The Labute approximate surface area is 168 Å². The maximum atomic E-state index is 12.9. The van der Waals surface area contributed by atoms with Gasteiger partial charge in [-0.25, -0.2) is 0 Å². The minimum Gasteiger partial charge on any atom is -0.493 e. The molecule has 2 N–H and O–H groups in total. The molecule has 0 atom stereocenters. The Morgan fingerprint density at radius 3 is 2.54 bits per heavy atom. The fourth-order valence-corrected chi connectivity index (χ4v) is 3.76. The lowest BCUT2D eigenvalue weighted by atomic mass is 9.93. The molecule has 1 fully saturated rings. The molecule has 2 rings (SSSR count).